The van der Waals surface area contributed by atoms with Crippen LogP contribution in [-0.4, -0.2) is 30.2 Å². The summed E-state index contributed by atoms with van der Waals surface area (Å²) in [5, 5.41) is 5.38. The SMILES string of the molecule is CC(=O)c1ccc(NC(=O)CCCC(=O)OCC(=O)Nc2ccc(Br)cc2C)cc1. The van der Waals surface area contributed by atoms with Crippen molar-refractivity contribution in [3.05, 3.63) is 58.1 Å². The van der Waals surface area contributed by atoms with Gasteiger partial charge in [-0.2, -0.15) is 0 Å². The number of Topliss-reactive ketones (excluding diaryl/α,β-unsaturated/α-hetero) is 1. The fraction of sp³-hybridized carbons (Fsp3) is 0.273. The van der Waals surface area contributed by atoms with Crippen molar-refractivity contribution in [2.24, 2.45) is 0 Å². The molecule has 2 amide bonds. The number of rotatable bonds is 9. The summed E-state index contributed by atoms with van der Waals surface area (Å²) in [7, 11) is 0. The molecule has 0 saturated heterocycles. The maximum absolute atomic E-state index is 11.9. The molecule has 7 nitrogen and oxygen atoms in total. The molecule has 0 atom stereocenters. The predicted octanol–water partition coefficient (Wildman–Crippen LogP) is 4.25. The Morgan fingerprint density at radius 3 is 2.27 bits per heavy atom. The van der Waals surface area contributed by atoms with E-state index in [1.807, 2.05) is 13.0 Å². The van der Waals surface area contributed by atoms with E-state index in [4.69, 9.17) is 4.74 Å². The van der Waals surface area contributed by atoms with Gasteiger partial charge in [0.2, 0.25) is 5.91 Å². The first-order valence-corrected chi connectivity index (χ1v) is 10.2. The first kappa shape index (κ1) is 23.3. The van der Waals surface area contributed by atoms with Gasteiger partial charge in [-0.15, -0.1) is 0 Å². The summed E-state index contributed by atoms with van der Waals surface area (Å²) in [5.74, 6) is -1.27. The molecule has 0 saturated carbocycles. The number of carbonyl (C=O) groups excluding carboxylic acids is 4. The Balaban J connectivity index is 1.66. The van der Waals surface area contributed by atoms with Crippen molar-refractivity contribution in [1.82, 2.24) is 0 Å². The standard InChI is InChI=1S/C22H23BrN2O5/c1-14-12-17(23)8-11-19(14)25-21(28)13-30-22(29)5-3-4-20(27)24-18-9-6-16(7-10-18)15(2)26/h6-12H,3-5,13H2,1-2H3,(H,24,27)(H,25,28). The average molecular weight is 475 g/mol. The van der Waals surface area contributed by atoms with Crippen molar-refractivity contribution in [2.45, 2.75) is 33.1 Å². The third-order valence-electron chi connectivity index (χ3n) is 4.19. The molecule has 30 heavy (non-hydrogen) atoms. The van der Waals surface area contributed by atoms with E-state index >= 15 is 0 Å². The number of ketones is 1. The molecule has 158 valence electrons. The van der Waals surface area contributed by atoms with Crippen LogP contribution in [0.5, 0.6) is 0 Å². The van der Waals surface area contributed by atoms with Crippen LogP contribution in [0.15, 0.2) is 46.9 Å². The van der Waals surface area contributed by atoms with E-state index in [0.29, 0.717) is 23.4 Å². The van der Waals surface area contributed by atoms with Crippen LogP contribution in [0.4, 0.5) is 11.4 Å². The smallest absolute Gasteiger partial charge is 0.306 e. The third kappa shape index (κ3) is 7.79. The number of nitrogens with one attached hydrogen (secondary N) is 2. The second-order valence-corrected chi connectivity index (χ2v) is 7.62. The van der Waals surface area contributed by atoms with E-state index in [1.165, 1.54) is 6.92 Å². The fourth-order valence-corrected chi connectivity index (χ4v) is 3.05. The van der Waals surface area contributed by atoms with Crippen LogP contribution in [0.1, 0.15) is 42.1 Å². The van der Waals surface area contributed by atoms with E-state index in [2.05, 4.69) is 26.6 Å². The van der Waals surface area contributed by atoms with Crippen LogP contribution < -0.4 is 10.6 Å². The lowest BCUT2D eigenvalue weighted by atomic mass is 10.1. The highest BCUT2D eigenvalue weighted by Gasteiger charge is 2.11. The Morgan fingerprint density at radius 2 is 1.63 bits per heavy atom. The molecule has 2 N–H and O–H groups in total. The van der Waals surface area contributed by atoms with Crippen LogP contribution in [0, 0.1) is 6.92 Å². The van der Waals surface area contributed by atoms with Gasteiger partial charge in [-0.3, -0.25) is 19.2 Å². The van der Waals surface area contributed by atoms with Crippen LogP contribution in [0.2, 0.25) is 0 Å². The van der Waals surface area contributed by atoms with Crippen molar-refractivity contribution in [1.29, 1.82) is 0 Å². The highest BCUT2D eigenvalue weighted by molar-refractivity contribution is 9.10. The van der Waals surface area contributed by atoms with Gasteiger partial charge < -0.3 is 15.4 Å². The van der Waals surface area contributed by atoms with Crippen LogP contribution in [-0.2, 0) is 19.1 Å². The number of hydrogen-bond donors (Lipinski definition) is 2. The summed E-state index contributed by atoms with van der Waals surface area (Å²) in [5.41, 5.74) is 2.67. The second-order valence-electron chi connectivity index (χ2n) is 6.70. The molecule has 0 radical (unpaired) electrons. The van der Waals surface area contributed by atoms with Gasteiger partial charge in [0.25, 0.3) is 5.91 Å². The normalized spacial score (nSPS) is 10.2. The Labute approximate surface area is 183 Å². The van der Waals surface area contributed by atoms with Gasteiger partial charge in [-0.25, -0.2) is 0 Å². The maximum Gasteiger partial charge on any atom is 0.306 e. The van der Waals surface area contributed by atoms with Crippen molar-refractivity contribution >= 4 is 50.9 Å². The number of halogens is 1. The second kappa shape index (κ2) is 11.3. The first-order chi connectivity index (χ1) is 14.2. The predicted molar refractivity (Wildman–Crippen MR) is 117 cm³/mol. The molecule has 0 aliphatic heterocycles. The number of benzene rings is 2. The zero-order chi connectivity index (χ0) is 22.1. The Kier molecular flexibility index (Phi) is 8.73. The van der Waals surface area contributed by atoms with Crippen molar-refractivity contribution in [3.8, 4) is 0 Å². The molecular weight excluding hydrogens is 452 g/mol. The molecule has 0 fully saturated rings. The summed E-state index contributed by atoms with van der Waals surface area (Å²) in [6, 6.07) is 12.0. The third-order valence-corrected chi connectivity index (χ3v) is 4.68. The lowest BCUT2D eigenvalue weighted by molar-refractivity contribution is -0.147. The summed E-state index contributed by atoms with van der Waals surface area (Å²) in [6.07, 6.45) is 0.457. The molecular formula is C22H23BrN2O5. The zero-order valence-corrected chi connectivity index (χ0v) is 18.4. The lowest BCUT2D eigenvalue weighted by Crippen LogP contribution is -2.21. The van der Waals surface area contributed by atoms with Crippen molar-refractivity contribution in [3.63, 3.8) is 0 Å². The lowest BCUT2D eigenvalue weighted by Gasteiger charge is -2.09. The Hall–Kier alpha value is -3.00. The van der Waals surface area contributed by atoms with E-state index in [1.54, 1.807) is 36.4 Å². The quantitative estimate of drug-likeness (QED) is 0.417. The van der Waals surface area contributed by atoms with Gasteiger partial charge in [0, 0.05) is 34.3 Å². The van der Waals surface area contributed by atoms with Crippen LogP contribution in [0.3, 0.4) is 0 Å². The van der Waals surface area contributed by atoms with Crippen molar-refractivity contribution in [2.75, 3.05) is 17.2 Å². The summed E-state index contributed by atoms with van der Waals surface area (Å²) in [6.45, 7) is 2.94. The van der Waals surface area contributed by atoms with Crippen molar-refractivity contribution < 1.29 is 23.9 Å². The van der Waals surface area contributed by atoms with Gasteiger partial charge in [-0.1, -0.05) is 15.9 Å². The topological polar surface area (TPSA) is 102 Å². The Morgan fingerprint density at radius 1 is 0.933 bits per heavy atom. The van der Waals surface area contributed by atoms with E-state index in [9.17, 15) is 19.2 Å². The molecule has 2 aromatic rings. The number of carbonyl (C=O) groups is 4. The van der Waals surface area contributed by atoms with Crippen LogP contribution in [0.25, 0.3) is 0 Å². The molecule has 0 aliphatic carbocycles. The molecule has 0 unspecified atom stereocenters. The van der Waals surface area contributed by atoms with Gasteiger partial charge in [0.1, 0.15) is 0 Å². The number of ether oxygens (including phenoxy) is 1. The van der Waals surface area contributed by atoms with Gasteiger partial charge >= 0.3 is 5.97 Å². The number of anilines is 2. The minimum Gasteiger partial charge on any atom is -0.456 e. The highest BCUT2D eigenvalue weighted by Crippen LogP contribution is 2.20. The minimum absolute atomic E-state index is 0.0291. The molecule has 8 heteroatoms. The first-order valence-electron chi connectivity index (χ1n) is 9.37. The number of esters is 1. The van der Waals surface area contributed by atoms with E-state index < -0.39 is 11.9 Å². The maximum atomic E-state index is 11.9. The van der Waals surface area contributed by atoms with Gasteiger partial charge in [0.05, 0.1) is 0 Å². The number of aryl methyl sites for hydroxylation is 1. The number of hydrogen-bond acceptors (Lipinski definition) is 5. The highest BCUT2D eigenvalue weighted by atomic mass is 79.9. The number of amides is 2. The molecule has 2 aromatic carbocycles. The monoisotopic (exact) mass is 474 g/mol. The van der Waals surface area contributed by atoms with Gasteiger partial charge in [0.15, 0.2) is 12.4 Å². The van der Waals surface area contributed by atoms with Gasteiger partial charge in [-0.05, 0) is 68.3 Å². The summed E-state index contributed by atoms with van der Waals surface area (Å²) < 4.78 is 5.86. The van der Waals surface area contributed by atoms with E-state index in [-0.39, 0.29) is 31.1 Å². The average Bonchev–Trinajstić information content (AvgIpc) is 2.69. The molecule has 2 rings (SSSR count). The fourth-order valence-electron chi connectivity index (χ4n) is 2.58. The summed E-state index contributed by atoms with van der Waals surface area (Å²) >= 11 is 3.35. The molecule has 0 aliphatic rings. The zero-order valence-electron chi connectivity index (χ0n) is 16.8. The molecule has 0 spiro atoms. The Bertz CT molecular complexity index is 941. The summed E-state index contributed by atoms with van der Waals surface area (Å²) in [4.78, 5) is 46.9. The molecule has 0 heterocycles. The molecule has 0 bridgehead atoms. The van der Waals surface area contributed by atoms with Crippen LogP contribution >= 0.6 is 15.9 Å². The largest absolute Gasteiger partial charge is 0.456 e. The van der Waals surface area contributed by atoms with E-state index in [0.717, 1.165) is 10.0 Å². The minimum atomic E-state index is -0.545. The molecule has 0 aromatic heterocycles.